The van der Waals surface area contributed by atoms with Gasteiger partial charge in [0, 0.05) is 7.05 Å². The van der Waals surface area contributed by atoms with Crippen molar-refractivity contribution in [2.45, 2.75) is 20.0 Å². The summed E-state index contributed by atoms with van der Waals surface area (Å²) in [6, 6.07) is 4.36. The summed E-state index contributed by atoms with van der Waals surface area (Å²) in [6.45, 7) is 3.45. The average molecular weight is 328 g/mol. The van der Waals surface area contributed by atoms with E-state index < -0.39 is 17.7 Å². The first-order chi connectivity index (χ1) is 10.7. The Hall–Kier alpha value is -2.51. The number of carbonyl (C=O) groups excluding carboxylic acids is 1. The molecule has 0 bridgehead atoms. The lowest BCUT2D eigenvalue weighted by Crippen LogP contribution is -2.08. The zero-order chi connectivity index (χ0) is 17.2. The predicted octanol–water partition coefficient (Wildman–Crippen LogP) is 3.72. The highest BCUT2D eigenvalue weighted by Crippen LogP contribution is 2.33. The lowest BCUT2D eigenvalue weighted by molar-refractivity contribution is -0.137. The minimum Gasteiger partial charge on any atom is -0.462 e. The second-order valence-electron chi connectivity index (χ2n) is 4.74. The highest BCUT2D eigenvalue weighted by Gasteiger charge is 2.31. The second kappa shape index (κ2) is 6.31. The number of rotatable bonds is 4. The molecule has 0 aliphatic heterocycles. The van der Waals surface area contributed by atoms with E-state index in [1.165, 1.54) is 16.8 Å². The fourth-order valence-electron chi connectivity index (χ4n) is 1.94. The molecule has 0 spiro atoms. The molecule has 0 amide bonds. The molecule has 0 saturated carbocycles. The van der Waals surface area contributed by atoms with Crippen molar-refractivity contribution >= 4 is 5.97 Å². The van der Waals surface area contributed by atoms with Crippen molar-refractivity contribution < 1.29 is 27.4 Å². The van der Waals surface area contributed by atoms with Crippen LogP contribution in [0.2, 0.25) is 0 Å². The standard InChI is InChI=1S/C15H15F3N2O3/c1-4-22-14(21)12-9(2)20(3)19-13(12)23-11-7-5-6-10(8-11)15(16,17)18/h5-8H,4H2,1-3H3. The third kappa shape index (κ3) is 3.64. The monoisotopic (exact) mass is 328 g/mol. The molecule has 0 aliphatic rings. The van der Waals surface area contributed by atoms with Crippen LogP contribution in [0.3, 0.4) is 0 Å². The summed E-state index contributed by atoms with van der Waals surface area (Å²) >= 11 is 0. The molecular formula is C15H15F3N2O3. The number of ether oxygens (including phenoxy) is 2. The van der Waals surface area contributed by atoms with Crippen molar-refractivity contribution in [3.05, 3.63) is 41.1 Å². The van der Waals surface area contributed by atoms with Gasteiger partial charge in [-0.3, -0.25) is 4.68 Å². The van der Waals surface area contributed by atoms with E-state index in [9.17, 15) is 18.0 Å². The Morgan fingerprint density at radius 2 is 2.04 bits per heavy atom. The largest absolute Gasteiger partial charge is 0.462 e. The van der Waals surface area contributed by atoms with Crippen LogP contribution in [0, 0.1) is 6.92 Å². The Morgan fingerprint density at radius 3 is 2.65 bits per heavy atom. The van der Waals surface area contributed by atoms with Gasteiger partial charge in [0.25, 0.3) is 5.88 Å². The van der Waals surface area contributed by atoms with E-state index in [2.05, 4.69) is 5.10 Å². The molecule has 0 fully saturated rings. The van der Waals surface area contributed by atoms with E-state index in [0.717, 1.165) is 12.1 Å². The summed E-state index contributed by atoms with van der Waals surface area (Å²) in [5.74, 6) is -0.800. The van der Waals surface area contributed by atoms with Crippen LogP contribution in [0.5, 0.6) is 11.6 Å². The molecule has 2 rings (SSSR count). The van der Waals surface area contributed by atoms with Crippen molar-refractivity contribution in [3.8, 4) is 11.6 Å². The Kier molecular flexibility index (Phi) is 4.63. The third-order valence-electron chi connectivity index (χ3n) is 3.16. The number of alkyl halides is 3. The normalized spacial score (nSPS) is 11.4. The Bertz CT molecular complexity index is 723. The molecule has 23 heavy (non-hydrogen) atoms. The van der Waals surface area contributed by atoms with Crippen molar-refractivity contribution in [3.63, 3.8) is 0 Å². The second-order valence-corrected chi connectivity index (χ2v) is 4.74. The molecule has 124 valence electrons. The van der Waals surface area contributed by atoms with E-state index in [4.69, 9.17) is 9.47 Å². The number of esters is 1. The van der Waals surface area contributed by atoms with Crippen molar-refractivity contribution in [1.29, 1.82) is 0 Å². The summed E-state index contributed by atoms with van der Waals surface area (Å²) in [7, 11) is 1.59. The fraction of sp³-hybridized carbons (Fsp3) is 0.333. The number of hydrogen-bond acceptors (Lipinski definition) is 4. The first kappa shape index (κ1) is 16.9. The zero-order valence-corrected chi connectivity index (χ0v) is 12.8. The molecule has 2 aromatic rings. The summed E-state index contributed by atoms with van der Waals surface area (Å²) < 4.78 is 49.9. The predicted molar refractivity (Wildman–Crippen MR) is 75.4 cm³/mol. The number of benzene rings is 1. The van der Waals surface area contributed by atoms with Crippen LogP contribution < -0.4 is 4.74 Å². The van der Waals surface area contributed by atoms with E-state index in [0.29, 0.717) is 5.69 Å². The van der Waals surface area contributed by atoms with Crippen molar-refractivity contribution in [2.75, 3.05) is 6.61 Å². The lowest BCUT2D eigenvalue weighted by Gasteiger charge is -2.09. The molecule has 5 nitrogen and oxygen atoms in total. The minimum absolute atomic E-state index is 0.0662. The first-order valence-corrected chi connectivity index (χ1v) is 6.80. The molecule has 1 heterocycles. The van der Waals surface area contributed by atoms with Crippen LogP contribution in [0.1, 0.15) is 28.5 Å². The van der Waals surface area contributed by atoms with E-state index in [1.54, 1.807) is 20.9 Å². The van der Waals surface area contributed by atoms with Gasteiger partial charge in [-0.25, -0.2) is 4.79 Å². The molecule has 1 aromatic carbocycles. The van der Waals surface area contributed by atoms with Crippen molar-refractivity contribution in [2.24, 2.45) is 7.05 Å². The third-order valence-corrected chi connectivity index (χ3v) is 3.16. The summed E-state index contributed by atoms with van der Waals surface area (Å²) in [6.07, 6.45) is -4.48. The maximum absolute atomic E-state index is 12.7. The number of aromatic nitrogens is 2. The Balaban J connectivity index is 2.38. The molecule has 0 saturated heterocycles. The quantitative estimate of drug-likeness (QED) is 0.803. The van der Waals surface area contributed by atoms with Gasteiger partial charge in [0.05, 0.1) is 17.9 Å². The highest BCUT2D eigenvalue weighted by molar-refractivity contribution is 5.93. The van der Waals surface area contributed by atoms with E-state index in [1.807, 2.05) is 0 Å². The molecular weight excluding hydrogens is 313 g/mol. The first-order valence-electron chi connectivity index (χ1n) is 6.80. The Labute approximate surface area is 130 Å². The van der Waals surface area contributed by atoms with Gasteiger partial charge in [-0.05, 0) is 32.0 Å². The van der Waals surface area contributed by atoms with Crippen molar-refractivity contribution in [1.82, 2.24) is 9.78 Å². The molecule has 0 aliphatic carbocycles. The highest BCUT2D eigenvalue weighted by atomic mass is 19.4. The summed E-state index contributed by atoms with van der Waals surface area (Å²) in [5.41, 5.74) is -0.266. The van der Waals surface area contributed by atoms with E-state index in [-0.39, 0.29) is 23.8 Å². The molecule has 1 aromatic heterocycles. The summed E-state index contributed by atoms with van der Waals surface area (Å²) in [5, 5.41) is 4.01. The van der Waals surface area contributed by atoms with Gasteiger partial charge in [-0.1, -0.05) is 6.07 Å². The number of carbonyl (C=O) groups is 1. The average Bonchev–Trinajstić information content (AvgIpc) is 2.73. The summed E-state index contributed by atoms with van der Waals surface area (Å²) in [4.78, 5) is 12.0. The minimum atomic E-state index is -4.48. The molecule has 0 atom stereocenters. The van der Waals surface area contributed by atoms with Gasteiger partial charge in [-0.15, -0.1) is 5.10 Å². The number of nitrogens with zero attached hydrogens (tertiary/aromatic N) is 2. The molecule has 0 unspecified atom stereocenters. The van der Waals surface area contributed by atoms with Crippen LogP contribution in [0.15, 0.2) is 24.3 Å². The SMILES string of the molecule is CCOC(=O)c1c(Oc2cccc(C(F)(F)F)c2)nn(C)c1C. The van der Waals surface area contributed by atoms with Gasteiger partial charge >= 0.3 is 12.1 Å². The maximum atomic E-state index is 12.7. The Morgan fingerprint density at radius 1 is 1.35 bits per heavy atom. The van der Waals surface area contributed by atoms with Crippen LogP contribution in [0.4, 0.5) is 13.2 Å². The number of aryl methyl sites for hydroxylation is 1. The van der Waals surface area contributed by atoms with Crippen LogP contribution in [0.25, 0.3) is 0 Å². The lowest BCUT2D eigenvalue weighted by atomic mass is 10.2. The molecule has 0 radical (unpaired) electrons. The van der Waals surface area contributed by atoms with Gasteiger partial charge in [0.2, 0.25) is 0 Å². The van der Waals surface area contributed by atoms with Gasteiger partial charge in [-0.2, -0.15) is 13.2 Å². The smallest absolute Gasteiger partial charge is 0.416 e. The van der Waals surface area contributed by atoms with Gasteiger partial charge in [0.15, 0.2) is 0 Å². The fourth-order valence-corrected chi connectivity index (χ4v) is 1.94. The van der Waals surface area contributed by atoms with Crippen LogP contribution in [-0.4, -0.2) is 22.4 Å². The van der Waals surface area contributed by atoms with Crippen LogP contribution >= 0.6 is 0 Å². The maximum Gasteiger partial charge on any atom is 0.416 e. The number of hydrogen-bond donors (Lipinski definition) is 0. The van der Waals surface area contributed by atoms with Gasteiger partial charge in [0.1, 0.15) is 11.3 Å². The number of halogens is 3. The van der Waals surface area contributed by atoms with Gasteiger partial charge < -0.3 is 9.47 Å². The molecule has 8 heteroatoms. The molecule has 0 N–H and O–H groups in total. The van der Waals surface area contributed by atoms with Crippen LogP contribution in [-0.2, 0) is 18.0 Å². The zero-order valence-electron chi connectivity index (χ0n) is 12.8. The topological polar surface area (TPSA) is 53.4 Å². The van der Waals surface area contributed by atoms with E-state index >= 15 is 0 Å².